The molecule has 1 atom stereocenters. The van der Waals surface area contributed by atoms with Gasteiger partial charge in [-0.25, -0.2) is 4.79 Å². The number of amides is 1. The Morgan fingerprint density at radius 3 is 2.61 bits per heavy atom. The molecule has 0 bridgehead atoms. The minimum atomic E-state index is -0.762. The van der Waals surface area contributed by atoms with Crippen molar-refractivity contribution in [2.24, 2.45) is 0 Å². The molecule has 2 fully saturated rings. The van der Waals surface area contributed by atoms with Crippen molar-refractivity contribution in [3.05, 3.63) is 62.4 Å². The molecule has 2 aliphatic heterocycles. The Morgan fingerprint density at radius 1 is 1.22 bits per heavy atom. The van der Waals surface area contributed by atoms with Gasteiger partial charge in [0.2, 0.25) is 0 Å². The third kappa shape index (κ3) is 4.98. The summed E-state index contributed by atoms with van der Waals surface area (Å²) in [5, 5.41) is 11.5. The van der Waals surface area contributed by atoms with E-state index >= 15 is 0 Å². The number of aromatic nitrogens is 1. The van der Waals surface area contributed by atoms with Gasteiger partial charge in [-0.1, -0.05) is 28.1 Å². The van der Waals surface area contributed by atoms with E-state index in [9.17, 15) is 19.5 Å². The van der Waals surface area contributed by atoms with Crippen molar-refractivity contribution in [3.63, 3.8) is 0 Å². The molecule has 2 saturated heterocycles. The first-order valence-corrected chi connectivity index (χ1v) is 12.7. The minimum absolute atomic E-state index is 0.00564. The monoisotopic (exact) mass is 559 g/mol. The fourth-order valence-corrected chi connectivity index (χ4v) is 5.39. The lowest BCUT2D eigenvalue weighted by molar-refractivity contribution is -0.140. The van der Waals surface area contributed by atoms with Crippen molar-refractivity contribution < 1.29 is 29.0 Å². The van der Waals surface area contributed by atoms with Gasteiger partial charge in [-0.05, 0) is 43.5 Å². The second-order valence-corrected chi connectivity index (χ2v) is 9.89. The number of carbonyl (C=O) groups excluding carboxylic acids is 3. The van der Waals surface area contributed by atoms with Crippen LogP contribution in [0.1, 0.15) is 45.3 Å². The molecule has 3 heterocycles. The van der Waals surface area contributed by atoms with Crippen LogP contribution >= 0.6 is 15.9 Å². The van der Waals surface area contributed by atoms with E-state index in [0.717, 1.165) is 24.1 Å². The minimum Gasteiger partial charge on any atom is -0.507 e. The van der Waals surface area contributed by atoms with Gasteiger partial charge in [0.15, 0.2) is 0 Å². The van der Waals surface area contributed by atoms with Crippen LogP contribution in [0.25, 0.3) is 5.76 Å². The molecular weight excluding hydrogens is 530 g/mol. The Bertz CT molecular complexity index is 1210. The molecule has 1 aromatic heterocycles. The van der Waals surface area contributed by atoms with Crippen LogP contribution in [-0.4, -0.2) is 84.1 Å². The van der Waals surface area contributed by atoms with Crippen molar-refractivity contribution in [3.8, 4) is 0 Å². The molecule has 0 spiro atoms. The number of nitrogens with zero attached hydrogens (tertiary/aromatic N) is 2. The van der Waals surface area contributed by atoms with Crippen LogP contribution < -0.4 is 0 Å². The number of morpholine rings is 1. The predicted molar refractivity (Wildman–Crippen MR) is 137 cm³/mol. The molecule has 1 amide bonds. The van der Waals surface area contributed by atoms with Crippen molar-refractivity contribution in [1.29, 1.82) is 0 Å². The fraction of sp³-hybridized carbons (Fsp3) is 0.423. The first-order chi connectivity index (χ1) is 17.2. The van der Waals surface area contributed by atoms with Crippen LogP contribution in [0.4, 0.5) is 0 Å². The highest BCUT2D eigenvalue weighted by molar-refractivity contribution is 9.10. The summed E-state index contributed by atoms with van der Waals surface area (Å²) in [4.78, 5) is 45.5. The van der Waals surface area contributed by atoms with Gasteiger partial charge >= 0.3 is 5.97 Å². The molecule has 36 heavy (non-hydrogen) atoms. The van der Waals surface area contributed by atoms with E-state index in [1.807, 2.05) is 24.3 Å². The number of aryl methyl sites for hydroxylation is 1. The van der Waals surface area contributed by atoms with Crippen LogP contribution in [0, 0.1) is 13.8 Å². The molecule has 0 aliphatic carbocycles. The van der Waals surface area contributed by atoms with Gasteiger partial charge in [0.1, 0.15) is 11.5 Å². The van der Waals surface area contributed by atoms with E-state index in [1.165, 1.54) is 12.0 Å². The number of aromatic amines is 1. The number of nitrogens with one attached hydrogen (secondary N) is 1. The number of methoxy groups -OCH3 is 1. The first-order valence-electron chi connectivity index (χ1n) is 11.9. The van der Waals surface area contributed by atoms with Gasteiger partial charge in [0, 0.05) is 41.9 Å². The smallest absolute Gasteiger partial charge is 0.354 e. The lowest BCUT2D eigenvalue weighted by Gasteiger charge is -2.29. The largest absolute Gasteiger partial charge is 0.507 e. The highest BCUT2D eigenvalue weighted by Gasteiger charge is 2.46. The summed E-state index contributed by atoms with van der Waals surface area (Å²) in [6, 6.07) is 6.60. The average molecular weight is 560 g/mol. The number of aliphatic hydroxyl groups excluding tert-OH is 1. The SMILES string of the molecule is COC(=O)c1[nH]c(C)c(C(O)=C2C(=O)C(=O)N(CCCN3CCOCC3)[C@H]2c2cccc(Br)c2)c1C. The highest BCUT2D eigenvalue weighted by Crippen LogP contribution is 2.41. The van der Waals surface area contributed by atoms with Gasteiger partial charge in [-0.2, -0.15) is 0 Å². The number of esters is 1. The van der Waals surface area contributed by atoms with E-state index in [0.29, 0.717) is 48.6 Å². The Kier molecular flexibility index (Phi) is 7.97. The van der Waals surface area contributed by atoms with E-state index in [2.05, 4.69) is 25.8 Å². The van der Waals surface area contributed by atoms with Crippen molar-refractivity contribution in [2.45, 2.75) is 26.3 Å². The summed E-state index contributed by atoms with van der Waals surface area (Å²) in [5.74, 6) is -2.29. The molecule has 2 N–H and O–H groups in total. The number of Topliss-reactive ketones (excluding diaryl/α,β-unsaturated/α-hetero) is 1. The van der Waals surface area contributed by atoms with E-state index in [4.69, 9.17) is 9.47 Å². The zero-order valence-corrected chi connectivity index (χ0v) is 22.2. The standard InChI is InChI=1S/C26H30BrN3O6/c1-15-19(16(2)28-21(15)26(34)35-3)23(31)20-22(17-6-4-7-18(27)14-17)30(25(33)24(20)32)9-5-8-29-10-12-36-13-11-29/h4,6-7,14,22,28,31H,5,8-13H2,1-3H3/t22-/m0/s1. The number of benzene rings is 1. The summed E-state index contributed by atoms with van der Waals surface area (Å²) < 4.78 is 11.0. The van der Waals surface area contributed by atoms with Crippen LogP contribution in [0.5, 0.6) is 0 Å². The quantitative estimate of drug-likeness (QED) is 0.231. The van der Waals surface area contributed by atoms with Gasteiger partial charge in [-0.15, -0.1) is 0 Å². The summed E-state index contributed by atoms with van der Waals surface area (Å²) >= 11 is 3.47. The van der Waals surface area contributed by atoms with Crippen molar-refractivity contribution in [2.75, 3.05) is 46.5 Å². The van der Waals surface area contributed by atoms with E-state index in [-0.39, 0.29) is 17.0 Å². The summed E-state index contributed by atoms with van der Waals surface area (Å²) in [5.41, 5.74) is 2.17. The Balaban J connectivity index is 1.75. The van der Waals surface area contributed by atoms with Gasteiger partial charge in [-0.3, -0.25) is 14.5 Å². The number of ketones is 1. The normalized spacial score (nSPS) is 20.2. The highest BCUT2D eigenvalue weighted by atomic mass is 79.9. The molecule has 0 unspecified atom stereocenters. The number of hydrogen-bond acceptors (Lipinski definition) is 7. The zero-order chi connectivity index (χ0) is 26.0. The number of carbonyl (C=O) groups is 3. The number of rotatable bonds is 7. The number of ether oxygens (including phenoxy) is 2. The predicted octanol–water partition coefficient (Wildman–Crippen LogP) is 3.32. The summed E-state index contributed by atoms with van der Waals surface area (Å²) in [7, 11) is 1.27. The number of likely N-dealkylation sites (tertiary alicyclic amines) is 1. The lowest BCUT2D eigenvalue weighted by atomic mass is 9.94. The Hall–Kier alpha value is -2.95. The number of aliphatic hydroxyl groups is 1. The number of halogens is 1. The fourth-order valence-electron chi connectivity index (χ4n) is 4.97. The number of H-pyrrole nitrogens is 1. The van der Waals surface area contributed by atoms with Gasteiger partial charge < -0.3 is 24.5 Å². The van der Waals surface area contributed by atoms with Gasteiger partial charge in [0.05, 0.1) is 31.9 Å². The number of hydrogen-bond donors (Lipinski definition) is 2. The molecule has 1 aromatic carbocycles. The third-order valence-electron chi connectivity index (χ3n) is 6.75. The lowest BCUT2D eigenvalue weighted by Crippen LogP contribution is -2.38. The second kappa shape index (κ2) is 11.0. The topological polar surface area (TPSA) is 112 Å². The Morgan fingerprint density at radius 2 is 1.94 bits per heavy atom. The molecule has 10 heteroatoms. The molecular formula is C26H30BrN3O6. The maximum atomic E-state index is 13.3. The van der Waals surface area contributed by atoms with Gasteiger partial charge in [0.25, 0.3) is 11.7 Å². The zero-order valence-electron chi connectivity index (χ0n) is 20.6. The molecule has 4 rings (SSSR count). The van der Waals surface area contributed by atoms with E-state index in [1.54, 1.807) is 13.8 Å². The van der Waals surface area contributed by atoms with Crippen molar-refractivity contribution in [1.82, 2.24) is 14.8 Å². The summed E-state index contributed by atoms with van der Waals surface area (Å²) in [6.07, 6.45) is 0.673. The molecule has 9 nitrogen and oxygen atoms in total. The maximum Gasteiger partial charge on any atom is 0.354 e. The van der Waals surface area contributed by atoms with Crippen LogP contribution in [0.15, 0.2) is 34.3 Å². The molecule has 0 saturated carbocycles. The van der Waals surface area contributed by atoms with Crippen LogP contribution in [-0.2, 0) is 19.1 Å². The van der Waals surface area contributed by atoms with E-state index < -0.39 is 23.7 Å². The molecule has 2 aromatic rings. The first kappa shape index (κ1) is 26.1. The van der Waals surface area contributed by atoms with Crippen molar-refractivity contribution >= 4 is 39.3 Å². The second-order valence-electron chi connectivity index (χ2n) is 8.97. The van der Waals surface area contributed by atoms with Crippen LogP contribution in [0.2, 0.25) is 0 Å². The molecule has 2 aliphatic rings. The Labute approximate surface area is 218 Å². The molecule has 192 valence electrons. The third-order valence-corrected chi connectivity index (χ3v) is 7.24. The van der Waals surface area contributed by atoms with Crippen LogP contribution in [0.3, 0.4) is 0 Å². The molecule has 0 radical (unpaired) electrons. The average Bonchev–Trinajstić information content (AvgIpc) is 3.31. The summed E-state index contributed by atoms with van der Waals surface area (Å²) in [6.45, 7) is 7.53. The maximum absolute atomic E-state index is 13.3.